The Morgan fingerprint density at radius 3 is 2.58 bits per heavy atom. The Kier molecular flexibility index (Phi) is 13.3. The Bertz CT molecular complexity index is 740. The Hall–Kier alpha value is -1.24. The van der Waals surface area contributed by atoms with Crippen LogP contribution in [0.15, 0.2) is 42.5 Å². The van der Waals surface area contributed by atoms with Crippen LogP contribution in [0.1, 0.15) is 87.9 Å². The highest BCUT2D eigenvalue weighted by molar-refractivity contribution is 7.81. The minimum absolute atomic E-state index is 0.197. The third kappa shape index (κ3) is 10.3. The third-order valence-corrected chi connectivity index (χ3v) is 7.54. The number of allylic oxidation sites excluding steroid dienone is 1. The zero-order chi connectivity index (χ0) is 24.1. The first-order chi connectivity index (χ1) is 15.9. The van der Waals surface area contributed by atoms with Crippen LogP contribution < -0.4 is 5.32 Å². The van der Waals surface area contributed by atoms with Gasteiger partial charge in [-0.3, -0.25) is 14.9 Å². The predicted octanol–water partition coefficient (Wildman–Crippen LogP) is 6.01. The average Bonchev–Trinajstić information content (AvgIpc) is 3.07. The Morgan fingerprint density at radius 1 is 1.12 bits per heavy atom. The molecule has 2 rings (SSSR count). The van der Waals surface area contributed by atoms with Gasteiger partial charge >= 0.3 is 0 Å². The molecule has 1 saturated carbocycles. The molecule has 1 aromatic rings. The molecule has 0 radical (unpaired) electrons. The van der Waals surface area contributed by atoms with E-state index in [-0.39, 0.29) is 34.3 Å². The van der Waals surface area contributed by atoms with Crippen molar-refractivity contribution in [1.29, 1.82) is 0 Å². The monoisotopic (exact) mass is 491 g/mol. The van der Waals surface area contributed by atoms with E-state index in [0.717, 1.165) is 44.9 Å². The molecule has 0 spiro atoms. The van der Waals surface area contributed by atoms with Gasteiger partial charge in [0, 0.05) is 22.5 Å². The Morgan fingerprint density at radius 2 is 1.85 bits per heavy atom. The molecule has 0 aliphatic heterocycles. The van der Waals surface area contributed by atoms with Crippen molar-refractivity contribution in [3.8, 4) is 0 Å². The standard InChI is InChI=1S/C27H41NO3S2/c1-2-3-7-14-21(32)17-18-23-22(24(29)19-25(23)33)15-10-4-5-11-16-26(30)28-27(31)20-12-8-6-9-13-20/h6,8-9,12-13,17-18,21-25,29,32-33H,2-5,7,10-11,14-16,19H2,1H3,(H,28,30,31)/t21?,22-,23-,24+,25-/m1/s1. The molecule has 2 amide bonds. The lowest BCUT2D eigenvalue weighted by atomic mass is 9.88. The van der Waals surface area contributed by atoms with Crippen LogP contribution in [0.2, 0.25) is 0 Å². The summed E-state index contributed by atoms with van der Waals surface area (Å²) in [5.74, 6) is -0.0332. The van der Waals surface area contributed by atoms with Gasteiger partial charge in [-0.25, -0.2) is 0 Å². The van der Waals surface area contributed by atoms with E-state index in [4.69, 9.17) is 25.3 Å². The summed E-state index contributed by atoms with van der Waals surface area (Å²) in [5, 5.41) is 13.5. The van der Waals surface area contributed by atoms with Crippen LogP contribution in [0.3, 0.4) is 0 Å². The van der Waals surface area contributed by atoms with Gasteiger partial charge in [0.1, 0.15) is 0 Å². The van der Waals surface area contributed by atoms with Crippen molar-refractivity contribution in [1.82, 2.24) is 5.32 Å². The fraction of sp³-hybridized carbons (Fsp3) is 0.630. The summed E-state index contributed by atoms with van der Waals surface area (Å²) in [6.07, 6.45) is 14.7. The molecule has 0 aromatic heterocycles. The first-order valence-electron chi connectivity index (χ1n) is 12.5. The van der Waals surface area contributed by atoms with Gasteiger partial charge in [0.25, 0.3) is 5.91 Å². The van der Waals surface area contributed by atoms with Crippen LogP contribution in [-0.4, -0.2) is 33.5 Å². The predicted molar refractivity (Wildman–Crippen MR) is 143 cm³/mol. The van der Waals surface area contributed by atoms with Gasteiger partial charge in [-0.05, 0) is 49.7 Å². The molecule has 1 fully saturated rings. The van der Waals surface area contributed by atoms with Crippen LogP contribution in [-0.2, 0) is 4.79 Å². The summed E-state index contributed by atoms with van der Waals surface area (Å²) in [7, 11) is 0. The summed E-state index contributed by atoms with van der Waals surface area (Å²) in [5.41, 5.74) is 0.497. The number of hydrogen-bond donors (Lipinski definition) is 4. The van der Waals surface area contributed by atoms with Gasteiger partial charge in [-0.1, -0.05) is 75.8 Å². The number of carbonyl (C=O) groups is 2. The van der Waals surface area contributed by atoms with E-state index in [9.17, 15) is 14.7 Å². The summed E-state index contributed by atoms with van der Waals surface area (Å²) in [6, 6.07) is 8.79. The number of benzene rings is 1. The lowest BCUT2D eigenvalue weighted by Gasteiger charge is -2.21. The van der Waals surface area contributed by atoms with Crippen molar-refractivity contribution in [2.75, 3.05) is 0 Å². The number of carbonyl (C=O) groups excluding carboxylic acids is 2. The second-order valence-corrected chi connectivity index (χ2v) is 10.6. The van der Waals surface area contributed by atoms with Gasteiger partial charge in [-0.2, -0.15) is 25.3 Å². The highest BCUT2D eigenvalue weighted by Crippen LogP contribution is 2.40. The minimum atomic E-state index is -0.343. The van der Waals surface area contributed by atoms with Gasteiger partial charge in [-0.15, -0.1) is 0 Å². The first-order valence-corrected chi connectivity index (χ1v) is 13.6. The number of unbranched alkanes of at least 4 members (excludes halogenated alkanes) is 5. The summed E-state index contributed by atoms with van der Waals surface area (Å²) in [6.45, 7) is 2.21. The molecule has 1 unspecified atom stereocenters. The van der Waals surface area contributed by atoms with Gasteiger partial charge < -0.3 is 5.11 Å². The molecule has 0 bridgehead atoms. The van der Waals surface area contributed by atoms with E-state index < -0.39 is 0 Å². The highest BCUT2D eigenvalue weighted by Gasteiger charge is 2.38. The third-order valence-electron chi connectivity index (χ3n) is 6.56. The number of aliphatic hydroxyl groups excluding tert-OH is 1. The Labute approximate surface area is 210 Å². The molecule has 0 heterocycles. The van der Waals surface area contributed by atoms with Crippen LogP contribution in [0.5, 0.6) is 0 Å². The zero-order valence-electron chi connectivity index (χ0n) is 19.9. The number of aliphatic hydroxyl groups is 1. The number of thiol groups is 2. The molecule has 6 heteroatoms. The van der Waals surface area contributed by atoms with Crippen molar-refractivity contribution in [2.45, 2.75) is 94.2 Å². The van der Waals surface area contributed by atoms with E-state index >= 15 is 0 Å². The first kappa shape index (κ1) is 28.0. The van der Waals surface area contributed by atoms with Gasteiger partial charge in [0.2, 0.25) is 5.91 Å². The van der Waals surface area contributed by atoms with Crippen molar-refractivity contribution in [3.05, 3.63) is 48.0 Å². The van der Waals surface area contributed by atoms with Crippen LogP contribution >= 0.6 is 25.3 Å². The van der Waals surface area contributed by atoms with Crippen molar-refractivity contribution < 1.29 is 14.7 Å². The second kappa shape index (κ2) is 15.6. The fourth-order valence-corrected chi connectivity index (χ4v) is 5.42. The summed E-state index contributed by atoms with van der Waals surface area (Å²) in [4.78, 5) is 24.0. The van der Waals surface area contributed by atoms with Gasteiger partial charge in [0.15, 0.2) is 0 Å². The SMILES string of the molecule is CCCCCC(S)C=C[C@@H]1[C@@H](CCCCCCC(=O)NC(=O)c2ccccc2)[C@@H](O)C[C@H]1S. The van der Waals surface area contributed by atoms with Crippen LogP contribution in [0.4, 0.5) is 0 Å². The summed E-state index contributed by atoms with van der Waals surface area (Å²) >= 11 is 9.44. The molecular weight excluding hydrogens is 450 g/mol. The number of imide groups is 1. The lowest BCUT2D eigenvalue weighted by Crippen LogP contribution is -2.30. The number of nitrogens with one attached hydrogen (secondary N) is 1. The van der Waals surface area contributed by atoms with E-state index in [1.54, 1.807) is 24.3 Å². The van der Waals surface area contributed by atoms with E-state index in [0.29, 0.717) is 17.9 Å². The lowest BCUT2D eigenvalue weighted by molar-refractivity contribution is -0.120. The largest absolute Gasteiger partial charge is 0.393 e. The molecule has 33 heavy (non-hydrogen) atoms. The number of amides is 2. The molecule has 1 aliphatic carbocycles. The molecule has 0 saturated heterocycles. The molecular formula is C27H41NO3S2. The minimum Gasteiger partial charge on any atom is -0.393 e. The van der Waals surface area contributed by atoms with E-state index in [1.807, 2.05) is 6.07 Å². The van der Waals surface area contributed by atoms with Crippen molar-refractivity contribution >= 4 is 37.1 Å². The average molecular weight is 492 g/mol. The maximum absolute atomic E-state index is 12.0. The molecule has 5 atom stereocenters. The second-order valence-electron chi connectivity index (χ2n) is 9.26. The van der Waals surface area contributed by atoms with Crippen molar-refractivity contribution in [3.63, 3.8) is 0 Å². The molecule has 4 nitrogen and oxygen atoms in total. The van der Waals surface area contributed by atoms with E-state index in [1.165, 1.54) is 19.3 Å². The molecule has 2 N–H and O–H groups in total. The topological polar surface area (TPSA) is 66.4 Å². The normalized spacial score (nSPS) is 23.6. The van der Waals surface area contributed by atoms with Crippen LogP contribution in [0, 0.1) is 11.8 Å². The Balaban J connectivity index is 1.65. The smallest absolute Gasteiger partial charge is 0.257 e. The van der Waals surface area contributed by atoms with Crippen molar-refractivity contribution in [2.24, 2.45) is 11.8 Å². The number of rotatable bonds is 14. The maximum Gasteiger partial charge on any atom is 0.257 e. The summed E-state index contributed by atoms with van der Waals surface area (Å²) < 4.78 is 0. The van der Waals surface area contributed by atoms with Gasteiger partial charge in [0.05, 0.1) is 6.10 Å². The number of hydrogen-bond acceptors (Lipinski definition) is 5. The van der Waals surface area contributed by atoms with Crippen LogP contribution in [0.25, 0.3) is 0 Å². The zero-order valence-corrected chi connectivity index (χ0v) is 21.7. The highest BCUT2D eigenvalue weighted by atomic mass is 32.1. The maximum atomic E-state index is 12.0. The fourth-order valence-electron chi connectivity index (χ4n) is 4.60. The quantitative estimate of drug-likeness (QED) is 0.146. The molecule has 1 aromatic carbocycles. The van der Waals surface area contributed by atoms with E-state index in [2.05, 4.69) is 24.4 Å². The molecule has 1 aliphatic rings. The molecule has 184 valence electrons.